The Kier molecular flexibility index (Phi) is 3.11. The highest BCUT2D eigenvalue weighted by molar-refractivity contribution is 5.56. The van der Waals surface area contributed by atoms with Crippen molar-refractivity contribution in [2.75, 3.05) is 5.32 Å². The molecule has 0 fully saturated rings. The molecule has 1 aliphatic heterocycles. The smallest absolute Gasteiger partial charge is 0.137 e. The Hall–Kier alpha value is -2.69. The molecule has 1 aliphatic rings. The summed E-state index contributed by atoms with van der Waals surface area (Å²) in [4.78, 5) is 4.06. The topological polar surface area (TPSA) is 42.7 Å². The van der Waals surface area contributed by atoms with Gasteiger partial charge in [-0.05, 0) is 35.7 Å². The quantitative estimate of drug-likeness (QED) is 0.786. The summed E-state index contributed by atoms with van der Waals surface area (Å²) in [5.41, 5.74) is 3.36. The fourth-order valence-electron chi connectivity index (χ4n) is 3.06. The fraction of sp³-hybridized carbons (Fsp3) is 0.176. The van der Waals surface area contributed by atoms with E-state index in [4.69, 9.17) is 0 Å². The van der Waals surface area contributed by atoms with E-state index in [2.05, 4.69) is 27.5 Å². The molecule has 0 bridgehead atoms. The van der Waals surface area contributed by atoms with Gasteiger partial charge in [0.05, 0.1) is 12.1 Å². The molecule has 2 heterocycles. The number of nitrogens with one attached hydrogen (secondary N) is 1. The summed E-state index contributed by atoms with van der Waals surface area (Å²) in [7, 11) is 0. The van der Waals surface area contributed by atoms with Crippen LogP contribution in [0.3, 0.4) is 0 Å². The minimum atomic E-state index is -0.215. The number of aromatic nitrogens is 3. The third-order valence-electron chi connectivity index (χ3n) is 4.14. The highest BCUT2D eigenvalue weighted by Crippen LogP contribution is 2.40. The number of benzene rings is 2. The number of rotatable bonds is 2. The first-order valence-corrected chi connectivity index (χ1v) is 7.26. The average molecular weight is 294 g/mol. The predicted octanol–water partition coefficient (Wildman–Crippen LogP) is 3.56. The minimum Gasteiger partial charge on any atom is -0.378 e. The molecule has 0 spiro atoms. The Morgan fingerprint density at radius 1 is 1.09 bits per heavy atom. The second-order valence-corrected chi connectivity index (χ2v) is 5.46. The number of para-hydroxylation sites is 1. The van der Waals surface area contributed by atoms with Gasteiger partial charge in [-0.1, -0.05) is 30.3 Å². The van der Waals surface area contributed by atoms with Crippen molar-refractivity contribution in [2.45, 2.75) is 18.5 Å². The molecule has 2 unspecified atom stereocenters. The van der Waals surface area contributed by atoms with E-state index in [1.54, 1.807) is 12.7 Å². The van der Waals surface area contributed by atoms with Crippen LogP contribution in [0.5, 0.6) is 0 Å². The molecular weight excluding hydrogens is 279 g/mol. The lowest BCUT2D eigenvalue weighted by Gasteiger charge is -2.33. The monoisotopic (exact) mass is 294 g/mol. The van der Waals surface area contributed by atoms with Crippen LogP contribution in [0.1, 0.15) is 29.6 Å². The van der Waals surface area contributed by atoms with Crippen LogP contribution in [0.4, 0.5) is 10.1 Å². The zero-order chi connectivity index (χ0) is 14.9. The SMILES string of the molecule is Fc1ccc(C2CC(n3cncn3)c3ccccc3N2)cc1. The number of hydrogen-bond donors (Lipinski definition) is 1. The molecular formula is C17H15FN4. The maximum Gasteiger partial charge on any atom is 0.137 e. The van der Waals surface area contributed by atoms with Crippen molar-refractivity contribution in [2.24, 2.45) is 0 Å². The van der Waals surface area contributed by atoms with Crippen LogP contribution in [-0.2, 0) is 0 Å². The third-order valence-corrected chi connectivity index (χ3v) is 4.14. The average Bonchev–Trinajstić information content (AvgIpc) is 3.09. The van der Waals surface area contributed by atoms with Crippen LogP contribution in [-0.4, -0.2) is 14.8 Å². The summed E-state index contributed by atoms with van der Waals surface area (Å²) < 4.78 is 15.0. The van der Waals surface area contributed by atoms with Crippen molar-refractivity contribution >= 4 is 5.69 Å². The van der Waals surface area contributed by atoms with E-state index in [1.807, 2.05) is 28.9 Å². The molecule has 5 heteroatoms. The lowest BCUT2D eigenvalue weighted by molar-refractivity contribution is 0.445. The van der Waals surface area contributed by atoms with E-state index >= 15 is 0 Å². The first-order valence-electron chi connectivity index (χ1n) is 7.26. The van der Waals surface area contributed by atoms with Gasteiger partial charge in [0.25, 0.3) is 0 Å². The molecule has 4 rings (SSSR count). The summed E-state index contributed by atoms with van der Waals surface area (Å²) in [6.07, 6.45) is 4.14. The Balaban J connectivity index is 1.75. The lowest BCUT2D eigenvalue weighted by Crippen LogP contribution is -2.25. The van der Waals surface area contributed by atoms with Crippen molar-refractivity contribution in [3.8, 4) is 0 Å². The van der Waals surface area contributed by atoms with Crippen molar-refractivity contribution in [3.63, 3.8) is 0 Å². The molecule has 0 amide bonds. The van der Waals surface area contributed by atoms with E-state index in [0.717, 1.165) is 17.7 Å². The van der Waals surface area contributed by atoms with Gasteiger partial charge in [0, 0.05) is 5.69 Å². The number of anilines is 1. The summed E-state index contributed by atoms with van der Waals surface area (Å²) in [6, 6.07) is 15.1. The number of nitrogens with zero attached hydrogens (tertiary/aromatic N) is 3. The van der Waals surface area contributed by atoms with E-state index in [-0.39, 0.29) is 17.9 Å². The molecule has 110 valence electrons. The second-order valence-electron chi connectivity index (χ2n) is 5.46. The van der Waals surface area contributed by atoms with Crippen LogP contribution >= 0.6 is 0 Å². The highest BCUT2D eigenvalue weighted by atomic mass is 19.1. The Morgan fingerprint density at radius 2 is 1.91 bits per heavy atom. The summed E-state index contributed by atoms with van der Waals surface area (Å²) in [6.45, 7) is 0. The van der Waals surface area contributed by atoms with Gasteiger partial charge < -0.3 is 5.32 Å². The Morgan fingerprint density at radius 3 is 2.68 bits per heavy atom. The second kappa shape index (κ2) is 5.26. The van der Waals surface area contributed by atoms with Crippen LogP contribution in [0.2, 0.25) is 0 Å². The molecule has 0 radical (unpaired) electrons. The van der Waals surface area contributed by atoms with Gasteiger partial charge >= 0.3 is 0 Å². The predicted molar refractivity (Wildman–Crippen MR) is 82.0 cm³/mol. The van der Waals surface area contributed by atoms with Gasteiger partial charge in [0.1, 0.15) is 18.5 Å². The highest BCUT2D eigenvalue weighted by Gasteiger charge is 2.28. The standard InChI is InChI=1S/C17H15FN4/c18-13-7-5-12(6-8-13)16-9-17(22-11-19-10-20-22)14-3-1-2-4-15(14)21-16/h1-8,10-11,16-17,21H,9H2. The molecule has 0 saturated carbocycles. The Bertz CT molecular complexity index is 768. The molecule has 4 nitrogen and oxygen atoms in total. The maximum atomic E-state index is 13.2. The number of halogens is 1. The first kappa shape index (κ1) is 13.0. The summed E-state index contributed by atoms with van der Waals surface area (Å²) >= 11 is 0. The maximum absolute atomic E-state index is 13.2. The van der Waals surface area contributed by atoms with Gasteiger partial charge in [0.2, 0.25) is 0 Å². The molecule has 0 saturated heterocycles. The van der Waals surface area contributed by atoms with Crippen molar-refractivity contribution in [1.82, 2.24) is 14.8 Å². The first-order chi connectivity index (χ1) is 10.8. The van der Waals surface area contributed by atoms with Crippen LogP contribution in [0.25, 0.3) is 0 Å². The number of hydrogen-bond acceptors (Lipinski definition) is 3. The van der Waals surface area contributed by atoms with Crippen molar-refractivity contribution in [3.05, 3.63) is 78.1 Å². The molecule has 1 aromatic heterocycles. The molecule has 1 N–H and O–H groups in total. The van der Waals surface area contributed by atoms with Crippen LogP contribution in [0.15, 0.2) is 61.2 Å². The largest absolute Gasteiger partial charge is 0.378 e. The van der Waals surface area contributed by atoms with Gasteiger partial charge in [-0.3, -0.25) is 0 Å². The normalized spacial score (nSPS) is 20.2. The van der Waals surface area contributed by atoms with E-state index < -0.39 is 0 Å². The zero-order valence-corrected chi connectivity index (χ0v) is 11.9. The Labute approximate surface area is 127 Å². The van der Waals surface area contributed by atoms with E-state index in [0.29, 0.717) is 0 Å². The van der Waals surface area contributed by atoms with Crippen LogP contribution in [0, 0.1) is 5.82 Å². The van der Waals surface area contributed by atoms with Crippen LogP contribution < -0.4 is 5.32 Å². The molecule has 2 atom stereocenters. The lowest BCUT2D eigenvalue weighted by atomic mass is 9.89. The molecule has 22 heavy (non-hydrogen) atoms. The van der Waals surface area contributed by atoms with Gasteiger partial charge in [0.15, 0.2) is 0 Å². The van der Waals surface area contributed by atoms with Gasteiger partial charge in [-0.2, -0.15) is 5.10 Å². The summed E-state index contributed by atoms with van der Waals surface area (Å²) in [5, 5.41) is 7.84. The van der Waals surface area contributed by atoms with E-state index in [1.165, 1.54) is 17.7 Å². The molecule has 2 aromatic carbocycles. The summed E-state index contributed by atoms with van der Waals surface area (Å²) in [5.74, 6) is -0.215. The zero-order valence-electron chi connectivity index (χ0n) is 11.9. The fourth-order valence-corrected chi connectivity index (χ4v) is 3.06. The van der Waals surface area contributed by atoms with Crippen molar-refractivity contribution in [1.29, 1.82) is 0 Å². The molecule has 3 aromatic rings. The van der Waals surface area contributed by atoms with Gasteiger partial charge in [-0.15, -0.1) is 0 Å². The molecule has 0 aliphatic carbocycles. The van der Waals surface area contributed by atoms with Gasteiger partial charge in [-0.25, -0.2) is 14.1 Å². The van der Waals surface area contributed by atoms with Crippen molar-refractivity contribution < 1.29 is 4.39 Å². The third kappa shape index (κ3) is 2.24. The minimum absolute atomic E-state index is 0.115. The number of fused-ring (bicyclic) bond motifs is 1. The van der Waals surface area contributed by atoms with E-state index in [9.17, 15) is 4.39 Å².